The van der Waals surface area contributed by atoms with E-state index in [0.717, 1.165) is 17.0 Å². The molecule has 94 valence electrons. The van der Waals surface area contributed by atoms with Gasteiger partial charge in [0, 0.05) is 11.6 Å². The molecule has 1 unspecified atom stereocenters. The predicted molar refractivity (Wildman–Crippen MR) is 75.8 cm³/mol. The zero-order chi connectivity index (χ0) is 13.1. The molecule has 1 aromatic carbocycles. The lowest BCUT2D eigenvalue weighted by Gasteiger charge is -2.06. The molecule has 0 aliphatic carbocycles. The fourth-order valence-corrected chi connectivity index (χ4v) is 2.64. The Hall–Kier alpha value is -2.04. The number of pyridine rings is 1. The van der Waals surface area contributed by atoms with E-state index in [1.165, 1.54) is 11.3 Å². The van der Waals surface area contributed by atoms with Crippen LogP contribution in [0.15, 0.2) is 60.1 Å². The van der Waals surface area contributed by atoms with E-state index < -0.39 is 6.10 Å². The van der Waals surface area contributed by atoms with Gasteiger partial charge in [-0.1, -0.05) is 36.4 Å². The maximum absolute atomic E-state index is 10.3. The molecule has 0 saturated carbocycles. The Bertz CT molecular complexity index is 652. The monoisotopic (exact) mass is 268 g/mol. The molecule has 0 spiro atoms. The van der Waals surface area contributed by atoms with Crippen molar-refractivity contribution in [3.05, 3.63) is 70.7 Å². The number of hydrogen-bond donors (Lipinski definition) is 1. The Morgan fingerprint density at radius 2 is 1.74 bits per heavy atom. The number of nitrogens with zero attached hydrogens (tertiary/aromatic N) is 2. The third kappa shape index (κ3) is 2.54. The van der Waals surface area contributed by atoms with Crippen molar-refractivity contribution in [2.45, 2.75) is 6.10 Å². The van der Waals surface area contributed by atoms with Crippen LogP contribution < -0.4 is 0 Å². The van der Waals surface area contributed by atoms with Crippen molar-refractivity contribution < 1.29 is 5.11 Å². The van der Waals surface area contributed by atoms with E-state index in [4.69, 9.17) is 0 Å². The first-order chi connectivity index (χ1) is 9.34. The van der Waals surface area contributed by atoms with E-state index in [-0.39, 0.29) is 0 Å². The fourth-order valence-electron chi connectivity index (χ4n) is 1.82. The molecule has 2 heterocycles. The van der Waals surface area contributed by atoms with Crippen LogP contribution in [0.3, 0.4) is 0 Å². The summed E-state index contributed by atoms with van der Waals surface area (Å²) in [5.74, 6) is 0. The van der Waals surface area contributed by atoms with E-state index in [9.17, 15) is 5.11 Å². The van der Waals surface area contributed by atoms with Crippen molar-refractivity contribution in [2.24, 2.45) is 0 Å². The van der Waals surface area contributed by atoms with Crippen molar-refractivity contribution >= 4 is 11.3 Å². The zero-order valence-electron chi connectivity index (χ0n) is 10.1. The molecule has 0 amide bonds. The molecular formula is C15H12N2OS. The Labute approximate surface area is 115 Å². The summed E-state index contributed by atoms with van der Waals surface area (Å²) in [6.07, 6.45) is 1.06. The first-order valence-corrected chi connectivity index (χ1v) is 6.82. The number of aromatic nitrogens is 2. The van der Waals surface area contributed by atoms with Crippen LogP contribution in [0.4, 0.5) is 0 Å². The summed E-state index contributed by atoms with van der Waals surface area (Å²) in [5, 5.41) is 12.9. The first-order valence-electron chi connectivity index (χ1n) is 5.94. The smallest absolute Gasteiger partial charge is 0.131 e. The number of thiazole rings is 1. The first kappa shape index (κ1) is 12.0. The van der Waals surface area contributed by atoms with E-state index in [1.54, 1.807) is 6.20 Å². The van der Waals surface area contributed by atoms with Gasteiger partial charge in [-0.2, -0.15) is 0 Å². The SMILES string of the molecule is OC(c1ccccc1)c1nc(-c2ccccn2)cs1. The third-order valence-corrected chi connectivity index (χ3v) is 3.70. The van der Waals surface area contributed by atoms with Crippen LogP contribution in [0, 0.1) is 0 Å². The normalized spacial score (nSPS) is 12.3. The van der Waals surface area contributed by atoms with Crippen LogP contribution in [0.5, 0.6) is 0 Å². The van der Waals surface area contributed by atoms with E-state index in [2.05, 4.69) is 9.97 Å². The van der Waals surface area contributed by atoms with Gasteiger partial charge < -0.3 is 5.11 Å². The summed E-state index contributed by atoms with van der Waals surface area (Å²) in [6, 6.07) is 15.2. The second-order valence-corrected chi connectivity index (χ2v) is 4.99. The molecule has 0 aliphatic rings. The maximum Gasteiger partial charge on any atom is 0.131 e. The number of rotatable bonds is 3. The molecule has 19 heavy (non-hydrogen) atoms. The minimum atomic E-state index is -0.677. The van der Waals surface area contributed by atoms with E-state index >= 15 is 0 Å². The topological polar surface area (TPSA) is 46.0 Å². The van der Waals surface area contributed by atoms with Gasteiger partial charge in [0.25, 0.3) is 0 Å². The lowest BCUT2D eigenvalue weighted by Crippen LogP contribution is -1.98. The van der Waals surface area contributed by atoms with Crippen LogP contribution in [-0.4, -0.2) is 15.1 Å². The van der Waals surface area contributed by atoms with E-state index in [0.29, 0.717) is 5.01 Å². The van der Waals surface area contributed by atoms with Gasteiger partial charge in [-0.15, -0.1) is 11.3 Å². The summed E-state index contributed by atoms with van der Waals surface area (Å²) < 4.78 is 0. The second-order valence-electron chi connectivity index (χ2n) is 4.10. The van der Waals surface area contributed by atoms with Crippen LogP contribution in [-0.2, 0) is 0 Å². The molecule has 3 aromatic rings. The number of aliphatic hydroxyl groups is 1. The van der Waals surface area contributed by atoms with Crippen molar-refractivity contribution in [1.29, 1.82) is 0 Å². The standard InChI is InChI=1S/C15H12N2OS/c18-14(11-6-2-1-3-7-11)15-17-13(10-19-15)12-8-4-5-9-16-12/h1-10,14,18H. The number of aliphatic hydroxyl groups excluding tert-OH is 1. The lowest BCUT2D eigenvalue weighted by molar-refractivity contribution is 0.220. The molecule has 4 heteroatoms. The van der Waals surface area contributed by atoms with Gasteiger partial charge >= 0.3 is 0 Å². The van der Waals surface area contributed by atoms with Gasteiger partial charge in [0.15, 0.2) is 0 Å². The molecule has 0 radical (unpaired) electrons. The van der Waals surface area contributed by atoms with Gasteiger partial charge in [0.1, 0.15) is 11.1 Å². The molecule has 0 bridgehead atoms. The molecule has 3 rings (SSSR count). The Kier molecular flexibility index (Phi) is 3.35. The van der Waals surface area contributed by atoms with Crippen molar-refractivity contribution in [3.8, 4) is 11.4 Å². The van der Waals surface area contributed by atoms with Crippen LogP contribution in [0.1, 0.15) is 16.7 Å². The summed E-state index contributed by atoms with van der Waals surface area (Å²) >= 11 is 1.45. The fraction of sp³-hybridized carbons (Fsp3) is 0.0667. The van der Waals surface area contributed by atoms with Gasteiger partial charge in [-0.05, 0) is 17.7 Å². The maximum atomic E-state index is 10.3. The van der Waals surface area contributed by atoms with Gasteiger partial charge in [-0.3, -0.25) is 4.98 Å². The Morgan fingerprint density at radius 1 is 0.947 bits per heavy atom. The van der Waals surface area contributed by atoms with Crippen molar-refractivity contribution in [2.75, 3.05) is 0 Å². The summed E-state index contributed by atoms with van der Waals surface area (Å²) in [7, 11) is 0. The summed E-state index contributed by atoms with van der Waals surface area (Å²) in [4.78, 5) is 8.72. The highest BCUT2D eigenvalue weighted by Gasteiger charge is 2.15. The van der Waals surface area contributed by atoms with Crippen LogP contribution >= 0.6 is 11.3 Å². The Morgan fingerprint density at radius 3 is 2.47 bits per heavy atom. The minimum absolute atomic E-state index is 0.677. The van der Waals surface area contributed by atoms with E-state index in [1.807, 2.05) is 53.9 Å². The van der Waals surface area contributed by atoms with Crippen molar-refractivity contribution in [3.63, 3.8) is 0 Å². The summed E-state index contributed by atoms with van der Waals surface area (Å²) in [5.41, 5.74) is 2.48. The zero-order valence-corrected chi connectivity index (χ0v) is 10.9. The van der Waals surface area contributed by atoms with Crippen molar-refractivity contribution in [1.82, 2.24) is 9.97 Å². The lowest BCUT2D eigenvalue weighted by atomic mass is 10.1. The quantitative estimate of drug-likeness (QED) is 0.793. The molecule has 3 nitrogen and oxygen atoms in total. The average Bonchev–Trinajstić information content (AvgIpc) is 2.98. The molecule has 2 aromatic heterocycles. The summed E-state index contributed by atoms with van der Waals surface area (Å²) in [6.45, 7) is 0. The molecular weight excluding hydrogens is 256 g/mol. The van der Waals surface area contributed by atoms with Gasteiger partial charge in [0.2, 0.25) is 0 Å². The van der Waals surface area contributed by atoms with Crippen LogP contribution in [0.2, 0.25) is 0 Å². The Balaban J connectivity index is 1.90. The minimum Gasteiger partial charge on any atom is -0.381 e. The predicted octanol–water partition coefficient (Wildman–Crippen LogP) is 3.29. The molecule has 1 atom stereocenters. The number of benzene rings is 1. The molecule has 0 fully saturated rings. The largest absolute Gasteiger partial charge is 0.381 e. The number of hydrogen-bond acceptors (Lipinski definition) is 4. The third-order valence-electron chi connectivity index (χ3n) is 2.80. The molecule has 1 N–H and O–H groups in total. The highest BCUT2D eigenvalue weighted by Crippen LogP contribution is 2.27. The van der Waals surface area contributed by atoms with Crippen LogP contribution in [0.25, 0.3) is 11.4 Å². The molecule has 0 aliphatic heterocycles. The second kappa shape index (κ2) is 5.30. The highest BCUT2D eigenvalue weighted by atomic mass is 32.1. The molecule has 0 saturated heterocycles. The van der Waals surface area contributed by atoms with Gasteiger partial charge in [0.05, 0.1) is 11.4 Å². The van der Waals surface area contributed by atoms with Gasteiger partial charge in [-0.25, -0.2) is 4.98 Å². The highest BCUT2D eigenvalue weighted by molar-refractivity contribution is 7.10. The average molecular weight is 268 g/mol.